The van der Waals surface area contributed by atoms with Gasteiger partial charge in [0.15, 0.2) is 0 Å². The van der Waals surface area contributed by atoms with Crippen LogP contribution in [0.3, 0.4) is 0 Å². The van der Waals surface area contributed by atoms with Crippen LogP contribution in [0, 0.1) is 11.7 Å². The summed E-state index contributed by atoms with van der Waals surface area (Å²) >= 11 is 3.34. The topological polar surface area (TPSA) is 78.5 Å². The maximum atomic E-state index is 13.1. The van der Waals surface area contributed by atoms with Gasteiger partial charge in [0.25, 0.3) is 5.91 Å². The predicted octanol–water partition coefficient (Wildman–Crippen LogP) is 3.59. The molecule has 158 valence electrons. The van der Waals surface area contributed by atoms with Crippen molar-refractivity contribution in [3.05, 3.63) is 64.4 Å². The highest BCUT2D eigenvalue weighted by atomic mass is 79.9. The van der Waals surface area contributed by atoms with Crippen LogP contribution in [0.15, 0.2) is 53.0 Å². The van der Waals surface area contributed by atoms with Gasteiger partial charge in [-0.3, -0.25) is 14.4 Å². The molecule has 3 amide bonds. The van der Waals surface area contributed by atoms with Crippen LogP contribution in [0.2, 0.25) is 0 Å². The Hall–Kier alpha value is -2.74. The summed E-state index contributed by atoms with van der Waals surface area (Å²) in [6.45, 7) is 1.10. The van der Waals surface area contributed by atoms with Crippen molar-refractivity contribution in [1.29, 1.82) is 0 Å². The summed E-state index contributed by atoms with van der Waals surface area (Å²) in [5.74, 6) is -1.27. The quantitative estimate of drug-likeness (QED) is 0.669. The summed E-state index contributed by atoms with van der Waals surface area (Å²) in [5, 5.41) is 5.57. The number of rotatable bonds is 6. The van der Waals surface area contributed by atoms with E-state index in [-0.39, 0.29) is 36.6 Å². The minimum atomic E-state index is -0.397. The van der Waals surface area contributed by atoms with E-state index in [0.29, 0.717) is 30.8 Å². The molecular weight excluding hydrogens is 453 g/mol. The summed E-state index contributed by atoms with van der Waals surface area (Å²) in [6, 6.07) is 12.6. The van der Waals surface area contributed by atoms with Gasteiger partial charge < -0.3 is 15.5 Å². The van der Waals surface area contributed by atoms with Crippen molar-refractivity contribution in [3.63, 3.8) is 0 Å². The Bertz CT molecular complexity index is 903. The van der Waals surface area contributed by atoms with Crippen LogP contribution < -0.4 is 10.6 Å². The molecule has 0 bridgehead atoms. The maximum Gasteiger partial charge on any atom is 0.253 e. The van der Waals surface area contributed by atoms with Gasteiger partial charge in [0.1, 0.15) is 5.82 Å². The van der Waals surface area contributed by atoms with E-state index < -0.39 is 5.82 Å². The molecule has 1 saturated heterocycles. The largest absolute Gasteiger partial charge is 0.355 e. The number of nitrogens with zero attached hydrogens (tertiary/aromatic N) is 1. The van der Waals surface area contributed by atoms with Crippen molar-refractivity contribution in [1.82, 2.24) is 10.2 Å². The van der Waals surface area contributed by atoms with Gasteiger partial charge in [0.05, 0.1) is 5.92 Å². The molecule has 0 radical (unpaired) electrons. The van der Waals surface area contributed by atoms with E-state index in [1.807, 2.05) is 12.1 Å². The number of piperidine rings is 1. The Morgan fingerprint density at radius 3 is 2.47 bits per heavy atom. The van der Waals surface area contributed by atoms with Crippen molar-refractivity contribution in [2.75, 3.05) is 25.0 Å². The number of carbonyl (C=O) groups excluding carboxylic acids is 3. The lowest BCUT2D eigenvalue weighted by molar-refractivity contribution is -0.126. The Labute approximate surface area is 183 Å². The molecule has 6 nitrogen and oxygen atoms in total. The molecule has 1 aliphatic heterocycles. The highest BCUT2D eigenvalue weighted by molar-refractivity contribution is 9.10. The molecule has 30 heavy (non-hydrogen) atoms. The lowest BCUT2D eigenvalue weighted by atomic mass is 9.96. The van der Waals surface area contributed by atoms with E-state index >= 15 is 0 Å². The number of hydrogen-bond donors (Lipinski definition) is 2. The van der Waals surface area contributed by atoms with Gasteiger partial charge in [0.2, 0.25) is 11.8 Å². The number of hydrogen-bond acceptors (Lipinski definition) is 3. The number of nitrogens with one attached hydrogen (secondary N) is 2. The molecule has 2 aromatic carbocycles. The molecule has 0 aliphatic carbocycles. The zero-order valence-corrected chi connectivity index (χ0v) is 18.0. The normalized spacial score (nSPS) is 16.1. The first-order chi connectivity index (χ1) is 14.4. The van der Waals surface area contributed by atoms with Crippen molar-refractivity contribution in [3.8, 4) is 0 Å². The van der Waals surface area contributed by atoms with E-state index in [0.717, 1.165) is 10.9 Å². The molecule has 1 unspecified atom stereocenters. The molecule has 0 spiro atoms. The zero-order chi connectivity index (χ0) is 21.5. The first-order valence-corrected chi connectivity index (χ1v) is 10.6. The third-order valence-corrected chi connectivity index (χ3v) is 5.48. The van der Waals surface area contributed by atoms with Gasteiger partial charge >= 0.3 is 0 Å². The highest BCUT2D eigenvalue weighted by Crippen LogP contribution is 2.19. The molecule has 8 heteroatoms. The second-order valence-electron chi connectivity index (χ2n) is 7.19. The van der Waals surface area contributed by atoms with E-state index in [1.165, 1.54) is 24.3 Å². The molecular formula is C22H23BrFN3O3. The first-order valence-electron chi connectivity index (χ1n) is 9.80. The van der Waals surface area contributed by atoms with Crippen molar-refractivity contribution >= 4 is 39.3 Å². The molecule has 1 atom stereocenters. The average Bonchev–Trinajstić information content (AvgIpc) is 2.75. The Morgan fingerprint density at radius 1 is 1.07 bits per heavy atom. The summed E-state index contributed by atoms with van der Waals surface area (Å²) < 4.78 is 14.0. The molecule has 1 aliphatic rings. The Morgan fingerprint density at radius 2 is 1.77 bits per heavy atom. The number of anilines is 1. The lowest BCUT2D eigenvalue weighted by Crippen LogP contribution is -2.45. The molecule has 2 aromatic rings. The summed E-state index contributed by atoms with van der Waals surface area (Å²) in [7, 11) is 0. The van der Waals surface area contributed by atoms with Crippen LogP contribution in [0.4, 0.5) is 10.1 Å². The van der Waals surface area contributed by atoms with Crippen LogP contribution in [0.1, 0.15) is 29.6 Å². The van der Waals surface area contributed by atoms with E-state index in [9.17, 15) is 18.8 Å². The fraction of sp³-hybridized carbons (Fsp3) is 0.318. The Kier molecular flexibility index (Phi) is 7.57. The maximum absolute atomic E-state index is 13.1. The van der Waals surface area contributed by atoms with Gasteiger partial charge in [-0.1, -0.05) is 15.9 Å². The number of carbonyl (C=O) groups is 3. The third-order valence-electron chi connectivity index (χ3n) is 4.95. The molecule has 2 N–H and O–H groups in total. The van der Waals surface area contributed by atoms with E-state index in [4.69, 9.17) is 0 Å². The standard InChI is InChI=1S/C22H23BrFN3O3/c23-17-5-9-19(10-6-17)26-20(28)11-12-25-21(29)16-2-1-13-27(14-16)22(30)15-3-7-18(24)8-4-15/h3-10,16H,1-2,11-14H2,(H,25,29)(H,26,28). The zero-order valence-electron chi connectivity index (χ0n) is 16.4. The van der Waals surface area contributed by atoms with Crippen molar-refractivity contribution in [2.24, 2.45) is 5.92 Å². The van der Waals surface area contributed by atoms with Gasteiger partial charge in [0, 0.05) is 41.8 Å². The van der Waals surface area contributed by atoms with Gasteiger partial charge in [-0.2, -0.15) is 0 Å². The van der Waals surface area contributed by atoms with Gasteiger partial charge in [-0.05, 0) is 61.4 Å². The smallest absolute Gasteiger partial charge is 0.253 e. The van der Waals surface area contributed by atoms with Crippen LogP contribution >= 0.6 is 15.9 Å². The van der Waals surface area contributed by atoms with Crippen LogP contribution in [-0.2, 0) is 9.59 Å². The summed E-state index contributed by atoms with van der Waals surface area (Å²) in [4.78, 5) is 38.7. The van der Waals surface area contributed by atoms with Gasteiger partial charge in [-0.15, -0.1) is 0 Å². The highest BCUT2D eigenvalue weighted by Gasteiger charge is 2.28. The first kappa shape index (κ1) is 22.0. The lowest BCUT2D eigenvalue weighted by Gasteiger charge is -2.32. The van der Waals surface area contributed by atoms with Crippen LogP contribution in [-0.4, -0.2) is 42.3 Å². The molecule has 1 heterocycles. The number of amides is 3. The monoisotopic (exact) mass is 475 g/mol. The number of benzene rings is 2. The van der Waals surface area contributed by atoms with Crippen molar-refractivity contribution in [2.45, 2.75) is 19.3 Å². The molecule has 1 fully saturated rings. The molecule has 3 rings (SSSR count). The van der Waals surface area contributed by atoms with E-state index in [2.05, 4.69) is 26.6 Å². The van der Waals surface area contributed by atoms with Crippen LogP contribution in [0.25, 0.3) is 0 Å². The third kappa shape index (κ3) is 6.13. The fourth-order valence-electron chi connectivity index (χ4n) is 3.35. The SMILES string of the molecule is O=C(CCNC(=O)C1CCCN(C(=O)c2ccc(F)cc2)C1)Nc1ccc(Br)cc1. The number of likely N-dealkylation sites (tertiary alicyclic amines) is 1. The summed E-state index contributed by atoms with van der Waals surface area (Å²) in [5.41, 5.74) is 1.10. The molecule has 0 saturated carbocycles. The van der Waals surface area contributed by atoms with Gasteiger partial charge in [-0.25, -0.2) is 4.39 Å². The second kappa shape index (κ2) is 10.3. The minimum absolute atomic E-state index is 0.159. The Balaban J connectivity index is 1.44. The summed E-state index contributed by atoms with van der Waals surface area (Å²) in [6.07, 6.45) is 1.56. The van der Waals surface area contributed by atoms with Crippen molar-refractivity contribution < 1.29 is 18.8 Å². The second-order valence-corrected chi connectivity index (χ2v) is 8.11. The number of halogens is 2. The predicted molar refractivity (Wildman–Crippen MR) is 115 cm³/mol. The average molecular weight is 476 g/mol. The minimum Gasteiger partial charge on any atom is -0.355 e. The molecule has 0 aromatic heterocycles. The fourth-order valence-corrected chi connectivity index (χ4v) is 3.62. The van der Waals surface area contributed by atoms with E-state index in [1.54, 1.807) is 17.0 Å². The van der Waals surface area contributed by atoms with Crippen LogP contribution in [0.5, 0.6) is 0 Å².